The molecule has 1 fully saturated rings. The number of anilines is 1. The first-order valence-corrected chi connectivity index (χ1v) is 5.95. The first kappa shape index (κ1) is 11.5. The van der Waals surface area contributed by atoms with Crippen molar-refractivity contribution in [2.45, 2.75) is 18.8 Å². The van der Waals surface area contributed by atoms with Crippen LogP contribution in [0, 0.1) is 17.1 Å². The van der Waals surface area contributed by atoms with Crippen LogP contribution in [0.4, 0.5) is 10.2 Å². The van der Waals surface area contributed by atoms with Crippen LogP contribution in [-0.2, 0) is 0 Å². The molecule has 6 heteroatoms. The van der Waals surface area contributed by atoms with E-state index in [1.165, 1.54) is 16.8 Å². The maximum atomic E-state index is 13.3. The summed E-state index contributed by atoms with van der Waals surface area (Å²) in [5.74, 6) is 6.75. The molecular formula is C13H12FN5. The van der Waals surface area contributed by atoms with Crippen LogP contribution in [0.2, 0.25) is 0 Å². The first-order chi connectivity index (χ1) is 9.11. The van der Waals surface area contributed by atoms with Crippen molar-refractivity contribution in [1.29, 1.82) is 5.26 Å². The molecule has 1 aliphatic rings. The molecule has 4 N–H and O–H groups in total. The quantitative estimate of drug-likeness (QED) is 0.801. The zero-order valence-corrected chi connectivity index (χ0v) is 10.1. The average Bonchev–Trinajstić information content (AvgIpc) is 3.20. The van der Waals surface area contributed by atoms with Crippen molar-refractivity contribution in [2.24, 2.45) is 0 Å². The van der Waals surface area contributed by atoms with Crippen molar-refractivity contribution >= 4 is 5.82 Å². The number of nitrogen functional groups attached to an aromatic ring is 2. The summed E-state index contributed by atoms with van der Waals surface area (Å²) >= 11 is 0. The van der Waals surface area contributed by atoms with Crippen molar-refractivity contribution < 1.29 is 4.39 Å². The summed E-state index contributed by atoms with van der Waals surface area (Å²) in [5, 5.41) is 8.85. The molecule has 1 aromatic carbocycles. The minimum Gasteiger partial charge on any atom is -0.382 e. The third-order valence-corrected chi connectivity index (χ3v) is 3.28. The number of imidazole rings is 1. The maximum absolute atomic E-state index is 13.3. The molecule has 19 heavy (non-hydrogen) atoms. The third kappa shape index (κ3) is 1.80. The molecule has 1 heterocycles. The Bertz CT molecular complexity index is 694. The molecule has 0 saturated heterocycles. The van der Waals surface area contributed by atoms with Gasteiger partial charge in [-0.15, -0.1) is 0 Å². The lowest BCUT2D eigenvalue weighted by Gasteiger charge is -2.01. The van der Waals surface area contributed by atoms with Crippen molar-refractivity contribution in [2.75, 3.05) is 11.6 Å². The molecule has 0 bridgehead atoms. The van der Waals surface area contributed by atoms with Gasteiger partial charge in [-0.2, -0.15) is 5.26 Å². The summed E-state index contributed by atoms with van der Waals surface area (Å²) in [6.45, 7) is 0. The topological polar surface area (TPSA) is 93.6 Å². The van der Waals surface area contributed by atoms with Crippen LogP contribution >= 0.6 is 0 Å². The van der Waals surface area contributed by atoms with E-state index in [2.05, 4.69) is 4.98 Å². The third-order valence-electron chi connectivity index (χ3n) is 3.28. The largest absolute Gasteiger partial charge is 0.382 e. The molecule has 1 saturated carbocycles. The minimum absolute atomic E-state index is 0.0311. The van der Waals surface area contributed by atoms with Gasteiger partial charge in [0.1, 0.15) is 23.4 Å². The van der Waals surface area contributed by atoms with Gasteiger partial charge in [-0.3, -0.25) is 0 Å². The summed E-state index contributed by atoms with van der Waals surface area (Å²) in [5.41, 5.74) is 7.00. The number of benzene rings is 1. The first-order valence-electron chi connectivity index (χ1n) is 5.95. The Morgan fingerprint density at radius 1 is 1.42 bits per heavy atom. The van der Waals surface area contributed by atoms with Gasteiger partial charge in [0.2, 0.25) is 0 Å². The molecule has 1 aliphatic carbocycles. The predicted molar refractivity (Wildman–Crippen MR) is 68.9 cm³/mol. The molecule has 5 nitrogen and oxygen atoms in total. The van der Waals surface area contributed by atoms with E-state index in [1.54, 1.807) is 12.1 Å². The van der Waals surface area contributed by atoms with Crippen LogP contribution in [0.25, 0.3) is 11.3 Å². The fraction of sp³-hybridized carbons (Fsp3) is 0.231. The molecule has 2 aromatic rings. The predicted octanol–water partition coefficient (Wildman–Crippen LogP) is 1.73. The van der Waals surface area contributed by atoms with Crippen molar-refractivity contribution in [1.82, 2.24) is 9.66 Å². The second-order valence-electron chi connectivity index (χ2n) is 4.65. The Labute approximate surface area is 109 Å². The minimum atomic E-state index is -0.556. The van der Waals surface area contributed by atoms with Crippen molar-refractivity contribution in [3.05, 3.63) is 35.4 Å². The van der Waals surface area contributed by atoms with Crippen molar-refractivity contribution in [3.8, 4) is 17.3 Å². The number of nitrogens with two attached hydrogens (primary N) is 2. The average molecular weight is 257 g/mol. The SMILES string of the molecule is N#Cc1cc(-c2nc(C3CC3)n(N)c2N)ccc1F. The van der Waals surface area contributed by atoms with Gasteiger partial charge in [0, 0.05) is 11.5 Å². The van der Waals surface area contributed by atoms with Gasteiger partial charge in [-0.25, -0.2) is 14.1 Å². The zero-order valence-electron chi connectivity index (χ0n) is 10.1. The Hall–Kier alpha value is -2.55. The Kier molecular flexibility index (Phi) is 2.42. The number of aromatic nitrogens is 2. The highest BCUT2D eigenvalue weighted by atomic mass is 19.1. The molecular weight excluding hydrogens is 245 g/mol. The van der Waals surface area contributed by atoms with E-state index in [0.717, 1.165) is 18.7 Å². The number of hydrogen-bond acceptors (Lipinski definition) is 4. The van der Waals surface area contributed by atoms with Crippen LogP contribution in [0.15, 0.2) is 18.2 Å². The Morgan fingerprint density at radius 2 is 2.16 bits per heavy atom. The van der Waals surface area contributed by atoms with Gasteiger partial charge in [0.05, 0.1) is 5.56 Å². The standard InChI is InChI=1S/C13H12FN5/c14-10-4-3-8(5-9(10)6-15)11-12(16)19(17)13(18-11)7-1-2-7/h3-5,7H,1-2,16-17H2. The van der Waals surface area contributed by atoms with E-state index in [4.69, 9.17) is 16.8 Å². The van der Waals surface area contributed by atoms with Gasteiger partial charge < -0.3 is 11.6 Å². The highest BCUT2D eigenvalue weighted by Gasteiger charge is 2.30. The van der Waals surface area contributed by atoms with Crippen LogP contribution in [0.1, 0.15) is 30.1 Å². The van der Waals surface area contributed by atoms with Gasteiger partial charge in [-0.05, 0) is 31.0 Å². The van der Waals surface area contributed by atoms with Crippen LogP contribution in [0.5, 0.6) is 0 Å². The van der Waals surface area contributed by atoms with E-state index >= 15 is 0 Å². The van der Waals surface area contributed by atoms with E-state index in [1.807, 2.05) is 0 Å². The maximum Gasteiger partial charge on any atom is 0.150 e. The Balaban J connectivity index is 2.12. The molecule has 96 valence electrons. The number of halogens is 1. The summed E-state index contributed by atoms with van der Waals surface area (Å²) < 4.78 is 14.7. The highest BCUT2D eigenvalue weighted by molar-refractivity contribution is 5.72. The van der Waals surface area contributed by atoms with Gasteiger partial charge >= 0.3 is 0 Å². The number of rotatable bonds is 2. The summed E-state index contributed by atoms with van der Waals surface area (Å²) in [6, 6.07) is 6.02. The lowest BCUT2D eigenvalue weighted by molar-refractivity contribution is 0.624. The molecule has 0 amide bonds. The Morgan fingerprint density at radius 3 is 2.79 bits per heavy atom. The molecule has 0 atom stereocenters. The summed E-state index contributed by atoms with van der Waals surface area (Å²) in [6.07, 6.45) is 2.11. The highest BCUT2D eigenvalue weighted by Crippen LogP contribution is 2.41. The van der Waals surface area contributed by atoms with Crippen LogP contribution in [-0.4, -0.2) is 9.66 Å². The number of nitrogens with zero attached hydrogens (tertiary/aromatic N) is 3. The van der Waals surface area contributed by atoms with Crippen LogP contribution in [0.3, 0.4) is 0 Å². The lowest BCUT2D eigenvalue weighted by Crippen LogP contribution is -2.14. The molecule has 1 aromatic heterocycles. The second-order valence-corrected chi connectivity index (χ2v) is 4.65. The monoisotopic (exact) mass is 257 g/mol. The van der Waals surface area contributed by atoms with Gasteiger partial charge in [-0.1, -0.05) is 0 Å². The van der Waals surface area contributed by atoms with E-state index in [0.29, 0.717) is 23.0 Å². The second kappa shape index (κ2) is 3.99. The molecule has 3 rings (SSSR count). The fourth-order valence-corrected chi connectivity index (χ4v) is 2.06. The number of nitriles is 1. The lowest BCUT2D eigenvalue weighted by atomic mass is 10.1. The zero-order chi connectivity index (χ0) is 13.6. The van der Waals surface area contributed by atoms with Gasteiger partial charge in [0.25, 0.3) is 0 Å². The van der Waals surface area contributed by atoms with E-state index < -0.39 is 5.82 Å². The van der Waals surface area contributed by atoms with E-state index in [9.17, 15) is 4.39 Å². The van der Waals surface area contributed by atoms with Crippen LogP contribution < -0.4 is 11.6 Å². The molecule has 0 unspecified atom stereocenters. The molecule has 0 radical (unpaired) electrons. The molecule has 0 spiro atoms. The van der Waals surface area contributed by atoms with Crippen molar-refractivity contribution in [3.63, 3.8) is 0 Å². The van der Waals surface area contributed by atoms with Gasteiger partial charge in [0.15, 0.2) is 5.82 Å². The smallest absolute Gasteiger partial charge is 0.150 e. The number of hydrogen-bond donors (Lipinski definition) is 2. The van der Waals surface area contributed by atoms with E-state index in [-0.39, 0.29) is 5.56 Å². The molecule has 0 aliphatic heterocycles. The normalized spacial score (nSPS) is 14.3. The fourth-order valence-electron chi connectivity index (χ4n) is 2.06. The summed E-state index contributed by atoms with van der Waals surface area (Å²) in [7, 11) is 0. The summed E-state index contributed by atoms with van der Waals surface area (Å²) in [4.78, 5) is 4.43.